The Balaban J connectivity index is 1.79. The average Bonchev–Trinajstić information content (AvgIpc) is 2.38. The van der Waals surface area contributed by atoms with Gasteiger partial charge in [0.05, 0.1) is 0 Å². The van der Waals surface area contributed by atoms with E-state index in [1.807, 2.05) is 6.07 Å². The lowest BCUT2D eigenvalue weighted by Crippen LogP contribution is -2.28. The quantitative estimate of drug-likeness (QED) is 0.838. The van der Waals surface area contributed by atoms with Crippen LogP contribution >= 0.6 is 0 Å². The first-order valence-electron chi connectivity index (χ1n) is 7.14. The van der Waals surface area contributed by atoms with Crippen molar-refractivity contribution < 1.29 is 4.39 Å². The van der Waals surface area contributed by atoms with Crippen molar-refractivity contribution in [2.75, 3.05) is 6.54 Å². The van der Waals surface area contributed by atoms with Crippen LogP contribution in [0.3, 0.4) is 0 Å². The normalized spacial score (nSPS) is 25.9. The third kappa shape index (κ3) is 3.81. The lowest BCUT2D eigenvalue weighted by Gasteiger charge is -2.27. The van der Waals surface area contributed by atoms with E-state index in [0.717, 1.165) is 23.9 Å². The molecule has 0 heterocycles. The van der Waals surface area contributed by atoms with E-state index < -0.39 is 0 Å². The Kier molecular flexibility index (Phi) is 4.76. The molecule has 0 spiro atoms. The molecular weight excluding hydrogens is 225 g/mol. The zero-order chi connectivity index (χ0) is 13.0. The monoisotopic (exact) mass is 249 g/mol. The average molecular weight is 249 g/mol. The molecule has 0 aromatic heterocycles. The summed E-state index contributed by atoms with van der Waals surface area (Å²) in [6.45, 7) is 5.52. The molecule has 100 valence electrons. The van der Waals surface area contributed by atoms with Gasteiger partial charge in [-0.15, -0.1) is 0 Å². The molecular formula is C16H24FN. The Morgan fingerprint density at radius 2 is 2.00 bits per heavy atom. The van der Waals surface area contributed by atoms with Crippen LogP contribution < -0.4 is 5.32 Å². The first-order chi connectivity index (χ1) is 8.65. The van der Waals surface area contributed by atoms with Crippen LogP contribution in [0.1, 0.15) is 51.1 Å². The Morgan fingerprint density at radius 1 is 1.28 bits per heavy atom. The maximum Gasteiger partial charge on any atom is 0.123 e. The summed E-state index contributed by atoms with van der Waals surface area (Å²) in [7, 11) is 0. The van der Waals surface area contributed by atoms with Crippen molar-refractivity contribution in [2.45, 2.75) is 45.6 Å². The van der Waals surface area contributed by atoms with Crippen LogP contribution in [0.5, 0.6) is 0 Å². The number of halogens is 1. The summed E-state index contributed by atoms with van der Waals surface area (Å²) in [5.41, 5.74) is 1.04. The van der Waals surface area contributed by atoms with Crippen molar-refractivity contribution in [1.82, 2.24) is 5.32 Å². The van der Waals surface area contributed by atoms with E-state index >= 15 is 0 Å². The van der Waals surface area contributed by atoms with Crippen LogP contribution in [-0.4, -0.2) is 6.54 Å². The van der Waals surface area contributed by atoms with Gasteiger partial charge in [-0.25, -0.2) is 4.39 Å². The lowest BCUT2D eigenvalue weighted by atomic mass is 9.83. The van der Waals surface area contributed by atoms with Gasteiger partial charge >= 0.3 is 0 Å². The maximum absolute atomic E-state index is 13.1. The molecule has 1 aliphatic carbocycles. The topological polar surface area (TPSA) is 12.0 Å². The van der Waals surface area contributed by atoms with Crippen LogP contribution in [0.2, 0.25) is 0 Å². The summed E-state index contributed by atoms with van der Waals surface area (Å²) >= 11 is 0. The third-order valence-corrected chi connectivity index (χ3v) is 4.20. The Labute approximate surface area is 110 Å². The molecule has 18 heavy (non-hydrogen) atoms. The van der Waals surface area contributed by atoms with Crippen LogP contribution in [0.25, 0.3) is 0 Å². The smallest absolute Gasteiger partial charge is 0.123 e. The van der Waals surface area contributed by atoms with Crippen molar-refractivity contribution in [3.05, 3.63) is 35.6 Å². The maximum atomic E-state index is 13.1. The van der Waals surface area contributed by atoms with E-state index in [2.05, 4.69) is 19.2 Å². The largest absolute Gasteiger partial charge is 0.310 e. The summed E-state index contributed by atoms with van der Waals surface area (Å²) < 4.78 is 13.1. The zero-order valence-electron chi connectivity index (χ0n) is 11.5. The minimum absolute atomic E-state index is 0.146. The van der Waals surface area contributed by atoms with Crippen molar-refractivity contribution in [1.29, 1.82) is 0 Å². The molecule has 1 aromatic rings. The van der Waals surface area contributed by atoms with Crippen LogP contribution in [0, 0.1) is 17.7 Å². The first kappa shape index (κ1) is 13.5. The standard InChI is InChI=1S/C16H24FN/c1-12-6-8-14(9-7-12)11-18-13(2)15-4-3-5-16(17)10-15/h3-5,10,12-14,18H,6-9,11H2,1-2H3. The summed E-state index contributed by atoms with van der Waals surface area (Å²) in [5.74, 6) is 1.56. The molecule has 1 aliphatic rings. The second kappa shape index (κ2) is 6.33. The molecule has 2 heteroatoms. The molecule has 0 bridgehead atoms. The Bertz CT molecular complexity index is 369. The molecule has 1 atom stereocenters. The Hall–Kier alpha value is -0.890. The molecule has 0 aliphatic heterocycles. The van der Waals surface area contributed by atoms with E-state index in [4.69, 9.17) is 0 Å². The van der Waals surface area contributed by atoms with Gasteiger partial charge in [0, 0.05) is 6.04 Å². The lowest BCUT2D eigenvalue weighted by molar-refractivity contribution is 0.276. The molecule has 0 radical (unpaired) electrons. The molecule has 2 rings (SSSR count). The molecule has 1 N–H and O–H groups in total. The summed E-state index contributed by atoms with van der Waals surface area (Å²) in [5, 5.41) is 3.54. The van der Waals surface area contributed by atoms with Crippen LogP contribution in [0.4, 0.5) is 4.39 Å². The van der Waals surface area contributed by atoms with Gasteiger partial charge in [0.1, 0.15) is 5.82 Å². The number of benzene rings is 1. The SMILES string of the molecule is CC1CCC(CNC(C)c2cccc(F)c2)CC1. The molecule has 1 nitrogen and oxygen atoms in total. The fraction of sp³-hybridized carbons (Fsp3) is 0.625. The number of hydrogen-bond donors (Lipinski definition) is 1. The minimum Gasteiger partial charge on any atom is -0.310 e. The second-order valence-corrected chi connectivity index (χ2v) is 5.81. The van der Waals surface area contributed by atoms with E-state index in [1.165, 1.54) is 31.7 Å². The summed E-state index contributed by atoms with van der Waals surface area (Å²) in [6.07, 6.45) is 5.40. The molecule has 1 unspecified atom stereocenters. The Morgan fingerprint density at radius 3 is 2.67 bits per heavy atom. The van der Waals surface area contributed by atoms with Gasteiger partial charge in [0.2, 0.25) is 0 Å². The molecule has 0 saturated heterocycles. The van der Waals surface area contributed by atoms with Gasteiger partial charge in [-0.3, -0.25) is 0 Å². The molecule has 0 amide bonds. The van der Waals surface area contributed by atoms with Crippen LogP contribution in [-0.2, 0) is 0 Å². The van der Waals surface area contributed by atoms with E-state index in [9.17, 15) is 4.39 Å². The van der Waals surface area contributed by atoms with Gasteiger partial charge in [-0.2, -0.15) is 0 Å². The predicted molar refractivity (Wildman–Crippen MR) is 73.9 cm³/mol. The second-order valence-electron chi connectivity index (χ2n) is 5.81. The van der Waals surface area contributed by atoms with Crippen molar-refractivity contribution in [3.8, 4) is 0 Å². The first-order valence-corrected chi connectivity index (χ1v) is 7.14. The molecule has 1 fully saturated rings. The summed E-state index contributed by atoms with van der Waals surface area (Å²) in [4.78, 5) is 0. The minimum atomic E-state index is -0.146. The highest BCUT2D eigenvalue weighted by Crippen LogP contribution is 2.28. The molecule has 1 saturated carbocycles. The molecule has 1 aromatic carbocycles. The fourth-order valence-corrected chi connectivity index (χ4v) is 2.77. The summed E-state index contributed by atoms with van der Waals surface area (Å²) in [6, 6.07) is 7.13. The van der Waals surface area contributed by atoms with E-state index in [-0.39, 0.29) is 11.9 Å². The van der Waals surface area contributed by atoms with Gasteiger partial charge in [0.25, 0.3) is 0 Å². The predicted octanol–water partition coefficient (Wildman–Crippen LogP) is 4.30. The highest BCUT2D eigenvalue weighted by Gasteiger charge is 2.18. The number of hydrogen-bond acceptors (Lipinski definition) is 1. The fourth-order valence-electron chi connectivity index (χ4n) is 2.77. The number of rotatable bonds is 4. The van der Waals surface area contributed by atoms with Gasteiger partial charge in [-0.05, 0) is 55.8 Å². The zero-order valence-corrected chi connectivity index (χ0v) is 11.5. The number of nitrogens with one attached hydrogen (secondary N) is 1. The van der Waals surface area contributed by atoms with Crippen molar-refractivity contribution in [3.63, 3.8) is 0 Å². The highest BCUT2D eigenvalue weighted by atomic mass is 19.1. The third-order valence-electron chi connectivity index (χ3n) is 4.20. The van der Waals surface area contributed by atoms with Crippen LogP contribution in [0.15, 0.2) is 24.3 Å². The highest BCUT2D eigenvalue weighted by molar-refractivity contribution is 5.19. The van der Waals surface area contributed by atoms with E-state index in [1.54, 1.807) is 12.1 Å². The van der Waals surface area contributed by atoms with Gasteiger partial charge < -0.3 is 5.32 Å². The van der Waals surface area contributed by atoms with Crippen molar-refractivity contribution in [2.24, 2.45) is 11.8 Å². The van der Waals surface area contributed by atoms with E-state index in [0.29, 0.717) is 0 Å². The van der Waals surface area contributed by atoms with Gasteiger partial charge in [-0.1, -0.05) is 31.9 Å². The van der Waals surface area contributed by atoms with Crippen molar-refractivity contribution >= 4 is 0 Å². The van der Waals surface area contributed by atoms with Gasteiger partial charge in [0.15, 0.2) is 0 Å².